The van der Waals surface area contributed by atoms with Gasteiger partial charge in [0.2, 0.25) is 0 Å². The average Bonchev–Trinajstić information content (AvgIpc) is 3.07. The fourth-order valence-corrected chi connectivity index (χ4v) is 2.76. The maximum absolute atomic E-state index is 12.2. The van der Waals surface area contributed by atoms with Gasteiger partial charge in [0, 0.05) is 12.5 Å². The number of aryl methyl sites for hydroxylation is 2. The molecule has 0 aliphatic heterocycles. The van der Waals surface area contributed by atoms with Gasteiger partial charge in [-0.1, -0.05) is 0 Å². The fourth-order valence-electron chi connectivity index (χ4n) is 2.05. The second-order valence-corrected chi connectivity index (χ2v) is 6.15. The Kier molecular flexibility index (Phi) is 5.57. The summed E-state index contributed by atoms with van der Waals surface area (Å²) in [5, 5.41) is 8.66. The first kappa shape index (κ1) is 16.5. The van der Waals surface area contributed by atoms with Crippen LogP contribution in [0, 0.1) is 13.8 Å². The zero-order valence-electron chi connectivity index (χ0n) is 13.2. The molecule has 2 aromatic rings. The second-order valence-electron chi connectivity index (χ2n) is 5.09. The van der Waals surface area contributed by atoms with Crippen molar-refractivity contribution < 1.29 is 13.9 Å². The van der Waals surface area contributed by atoms with Crippen molar-refractivity contribution in [3.8, 4) is 0 Å². The molecule has 0 saturated carbocycles. The van der Waals surface area contributed by atoms with E-state index in [1.54, 1.807) is 18.4 Å². The molecule has 0 bridgehead atoms. The fraction of sp³-hybridized carbons (Fsp3) is 0.467. The lowest BCUT2D eigenvalue weighted by Gasteiger charge is -2.18. The molecule has 0 aliphatic rings. The second kappa shape index (κ2) is 7.42. The van der Waals surface area contributed by atoms with Crippen molar-refractivity contribution >= 4 is 17.4 Å². The summed E-state index contributed by atoms with van der Waals surface area (Å²) in [6.45, 7) is 6.04. The van der Waals surface area contributed by atoms with Crippen LogP contribution in [0.5, 0.6) is 0 Å². The van der Waals surface area contributed by atoms with Crippen LogP contribution < -0.4 is 10.6 Å². The monoisotopic (exact) mass is 323 g/mol. The van der Waals surface area contributed by atoms with E-state index in [-0.39, 0.29) is 18.1 Å². The zero-order chi connectivity index (χ0) is 16.1. The lowest BCUT2D eigenvalue weighted by molar-refractivity contribution is 0.156. The van der Waals surface area contributed by atoms with Gasteiger partial charge in [-0.3, -0.25) is 0 Å². The molecule has 0 saturated heterocycles. The molecule has 0 aromatic carbocycles. The largest absolute Gasteiger partial charge is 0.464 e. The van der Waals surface area contributed by atoms with Gasteiger partial charge in [-0.2, -0.15) is 0 Å². The summed E-state index contributed by atoms with van der Waals surface area (Å²) in [7, 11) is 1.59. The van der Waals surface area contributed by atoms with E-state index in [2.05, 4.69) is 15.6 Å². The Hall–Kier alpha value is -1.86. The first-order valence-corrected chi connectivity index (χ1v) is 7.92. The number of hydrogen-bond acceptors (Lipinski definition) is 5. The van der Waals surface area contributed by atoms with Gasteiger partial charge in [0.05, 0.1) is 23.4 Å². The number of methoxy groups -OCH3 is 1. The third-order valence-electron chi connectivity index (χ3n) is 3.17. The molecule has 2 N–H and O–H groups in total. The van der Waals surface area contributed by atoms with Crippen LogP contribution >= 0.6 is 11.3 Å². The zero-order valence-corrected chi connectivity index (χ0v) is 14.0. The predicted molar refractivity (Wildman–Crippen MR) is 85.0 cm³/mol. The summed E-state index contributed by atoms with van der Waals surface area (Å²) in [6, 6.07) is 2.92. The van der Waals surface area contributed by atoms with Gasteiger partial charge in [-0.05, 0) is 32.9 Å². The molecule has 0 spiro atoms. The van der Waals surface area contributed by atoms with Crippen LogP contribution in [0.3, 0.4) is 0 Å². The van der Waals surface area contributed by atoms with E-state index < -0.39 is 0 Å². The summed E-state index contributed by atoms with van der Waals surface area (Å²) in [5.41, 5.74) is 0.856. The Bertz CT molecular complexity index is 623. The Balaban J connectivity index is 1.96. The summed E-state index contributed by atoms with van der Waals surface area (Å²) in [5.74, 6) is 1.47. The molecule has 7 heteroatoms. The van der Waals surface area contributed by atoms with Gasteiger partial charge < -0.3 is 19.8 Å². The van der Waals surface area contributed by atoms with Crippen molar-refractivity contribution in [2.24, 2.45) is 0 Å². The molecule has 0 fully saturated rings. The van der Waals surface area contributed by atoms with Crippen LogP contribution in [0.2, 0.25) is 0 Å². The van der Waals surface area contributed by atoms with E-state index in [9.17, 15) is 4.79 Å². The van der Waals surface area contributed by atoms with E-state index in [1.165, 1.54) is 0 Å². The third kappa shape index (κ3) is 4.32. The summed E-state index contributed by atoms with van der Waals surface area (Å²) in [4.78, 5) is 16.5. The molecule has 2 unspecified atom stereocenters. The lowest BCUT2D eigenvalue weighted by atomic mass is 10.2. The first-order valence-electron chi connectivity index (χ1n) is 7.04. The highest BCUT2D eigenvalue weighted by molar-refractivity contribution is 7.09. The number of rotatable bonds is 6. The van der Waals surface area contributed by atoms with Gasteiger partial charge in [0.25, 0.3) is 0 Å². The van der Waals surface area contributed by atoms with Crippen LogP contribution in [0.4, 0.5) is 4.79 Å². The van der Waals surface area contributed by atoms with E-state index in [0.717, 1.165) is 16.5 Å². The van der Waals surface area contributed by atoms with Crippen LogP contribution in [0.1, 0.15) is 41.2 Å². The van der Waals surface area contributed by atoms with Crippen LogP contribution in [-0.2, 0) is 4.74 Å². The van der Waals surface area contributed by atoms with Crippen molar-refractivity contribution in [3.05, 3.63) is 39.7 Å². The number of carbonyl (C=O) groups is 1. The molecule has 2 amide bonds. The van der Waals surface area contributed by atoms with Gasteiger partial charge in [-0.15, -0.1) is 11.3 Å². The molecule has 2 aromatic heterocycles. The lowest BCUT2D eigenvalue weighted by Crippen LogP contribution is -2.40. The first-order chi connectivity index (χ1) is 10.5. The predicted octanol–water partition coefficient (Wildman–Crippen LogP) is 3.10. The number of ether oxygens (including phenoxy) is 1. The standard InChI is InChI=1S/C15H21N3O3S/c1-9-5-6-14(21-9)12(7-20-4)18-15(19)16-10(2)13-8-22-11(3)17-13/h5-6,8,10,12H,7H2,1-4H3,(H2,16,18,19). The maximum atomic E-state index is 12.2. The van der Waals surface area contributed by atoms with E-state index in [1.807, 2.05) is 38.3 Å². The summed E-state index contributed by atoms with van der Waals surface area (Å²) >= 11 is 1.56. The molecule has 2 heterocycles. The molecule has 0 aliphatic carbocycles. The Labute approximate surface area is 133 Å². The Morgan fingerprint density at radius 1 is 1.41 bits per heavy atom. The van der Waals surface area contributed by atoms with Gasteiger partial charge in [0.15, 0.2) is 0 Å². The minimum atomic E-state index is -0.330. The van der Waals surface area contributed by atoms with Crippen LogP contribution in [-0.4, -0.2) is 24.7 Å². The normalized spacial score (nSPS) is 13.6. The van der Waals surface area contributed by atoms with Gasteiger partial charge in [-0.25, -0.2) is 9.78 Å². The van der Waals surface area contributed by atoms with Crippen molar-refractivity contribution in [2.45, 2.75) is 32.9 Å². The summed E-state index contributed by atoms with van der Waals surface area (Å²) < 4.78 is 10.7. The SMILES string of the molecule is COCC(NC(=O)NC(C)c1csc(C)n1)c1ccc(C)o1. The van der Waals surface area contributed by atoms with Crippen molar-refractivity contribution in [2.75, 3.05) is 13.7 Å². The number of furan rings is 1. The molecule has 6 nitrogen and oxygen atoms in total. The molecule has 2 atom stereocenters. The third-order valence-corrected chi connectivity index (χ3v) is 3.96. The highest BCUT2D eigenvalue weighted by atomic mass is 32.1. The number of aromatic nitrogens is 1. The van der Waals surface area contributed by atoms with Gasteiger partial charge in [0.1, 0.15) is 17.6 Å². The number of thiazole rings is 1. The Morgan fingerprint density at radius 3 is 2.73 bits per heavy atom. The number of nitrogens with one attached hydrogen (secondary N) is 2. The van der Waals surface area contributed by atoms with Gasteiger partial charge >= 0.3 is 6.03 Å². The molecular weight excluding hydrogens is 302 g/mol. The minimum Gasteiger partial charge on any atom is -0.464 e. The quantitative estimate of drug-likeness (QED) is 0.856. The molecular formula is C15H21N3O3S. The highest BCUT2D eigenvalue weighted by Gasteiger charge is 2.19. The topological polar surface area (TPSA) is 76.4 Å². The van der Waals surface area contributed by atoms with E-state index in [4.69, 9.17) is 9.15 Å². The minimum absolute atomic E-state index is 0.161. The molecule has 0 radical (unpaired) electrons. The molecule has 22 heavy (non-hydrogen) atoms. The van der Waals surface area contributed by atoms with Crippen molar-refractivity contribution in [3.63, 3.8) is 0 Å². The number of hydrogen-bond donors (Lipinski definition) is 2. The number of carbonyl (C=O) groups excluding carboxylic acids is 1. The maximum Gasteiger partial charge on any atom is 0.315 e. The number of amides is 2. The molecule has 120 valence electrons. The van der Waals surface area contributed by atoms with E-state index >= 15 is 0 Å². The summed E-state index contributed by atoms with van der Waals surface area (Å²) in [6.07, 6.45) is 0. The van der Waals surface area contributed by atoms with Crippen molar-refractivity contribution in [1.82, 2.24) is 15.6 Å². The smallest absolute Gasteiger partial charge is 0.315 e. The van der Waals surface area contributed by atoms with Crippen LogP contribution in [0.15, 0.2) is 21.9 Å². The number of nitrogens with zero attached hydrogens (tertiary/aromatic N) is 1. The average molecular weight is 323 g/mol. The number of urea groups is 1. The highest BCUT2D eigenvalue weighted by Crippen LogP contribution is 2.18. The van der Waals surface area contributed by atoms with Crippen LogP contribution in [0.25, 0.3) is 0 Å². The molecule has 2 rings (SSSR count). The van der Waals surface area contributed by atoms with Crippen molar-refractivity contribution in [1.29, 1.82) is 0 Å². The van der Waals surface area contributed by atoms with E-state index in [0.29, 0.717) is 12.4 Å². The Morgan fingerprint density at radius 2 is 2.18 bits per heavy atom.